The van der Waals surface area contributed by atoms with Crippen LogP contribution in [0.4, 0.5) is 0 Å². The molecule has 2 heterocycles. The number of likely N-dealkylation sites (N-methyl/N-ethyl adjacent to an activating group) is 1. The van der Waals surface area contributed by atoms with Gasteiger partial charge in [-0.05, 0) is 19.0 Å². The molecule has 0 bridgehead atoms. The molecule has 2 rings (SSSR count). The molecule has 0 radical (unpaired) electrons. The van der Waals surface area contributed by atoms with Crippen molar-refractivity contribution in [3.63, 3.8) is 0 Å². The van der Waals surface area contributed by atoms with Crippen molar-refractivity contribution in [1.82, 2.24) is 10.2 Å². The second-order valence-electron chi connectivity index (χ2n) is 4.87. The Morgan fingerprint density at radius 1 is 1.61 bits per heavy atom. The lowest BCUT2D eigenvalue weighted by molar-refractivity contribution is -0.135. The molecule has 0 aromatic rings. The minimum Gasteiger partial charge on any atom is -0.380 e. The van der Waals surface area contributed by atoms with Gasteiger partial charge in [-0.1, -0.05) is 6.08 Å². The summed E-state index contributed by atoms with van der Waals surface area (Å²) in [7, 11) is 3.58. The molecule has 0 aliphatic carbocycles. The summed E-state index contributed by atoms with van der Waals surface area (Å²) in [5.74, 6) is 0.173. The summed E-state index contributed by atoms with van der Waals surface area (Å²) in [6.07, 6.45) is 3.02. The minimum atomic E-state index is -0.0348. The van der Waals surface area contributed by atoms with E-state index in [9.17, 15) is 4.79 Å². The Kier molecular flexibility index (Phi) is 4.74. The van der Waals surface area contributed by atoms with Gasteiger partial charge in [-0.25, -0.2) is 0 Å². The Hall–Kier alpha value is -0.910. The molecular formula is C13H22N2O3. The largest absolute Gasteiger partial charge is 0.380 e. The Bertz CT molecular complexity index is 330. The van der Waals surface area contributed by atoms with Gasteiger partial charge in [0.1, 0.15) is 0 Å². The van der Waals surface area contributed by atoms with E-state index in [0.717, 1.165) is 13.0 Å². The molecule has 1 N–H and O–H groups in total. The van der Waals surface area contributed by atoms with Crippen LogP contribution in [0.25, 0.3) is 0 Å². The van der Waals surface area contributed by atoms with Gasteiger partial charge >= 0.3 is 0 Å². The minimum absolute atomic E-state index is 0.0348. The van der Waals surface area contributed by atoms with E-state index < -0.39 is 0 Å². The fraction of sp³-hybridized carbons (Fsp3) is 0.769. The van der Waals surface area contributed by atoms with Crippen molar-refractivity contribution in [3.8, 4) is 0 Å². The van der Waals surface area contributed by atoms with Gasteiger partial charge in [0.05, 0.1) is 25.7 Å². The highest BCUT2D eigenvalue weighted by Gasteiger charge is 2.35. The zero-order valence-electron chi connectivity index (χ0n) is 11.1. The van der Waals surface area contributed by atoms with Crippen LogP contribution >= 0.6 is 0 Å². The van der Waals surface area contributed by atoms with E-state index in [4.69, 9.17) is 9.47 Å². The maximum absolute atomic E-state index is 12.4. The van der Waals surface area contributed by atoms with Gasteiger partial charge in [0.25, 0.3) is 0 Å². The first-order chi connectivity index (χ1) is 8.76. The zero-order valence-corrected chi connectivity index (χ0v) is 11.1. The maximum Gasteiger partial charge on any atom is 0.229 e. The average molecular weight is 254 g/mol. The van der Waals surface area contributed by atoms with Gasteiger partial charge < -0.3 is 19.7 Å². The molecule has 0 saturated carbocycles. The fourth-order valence-electron chi connectivity index (χ4n) is 2.54. The molecule has 18 heavy (non-hydrogen) atoms. The van der Waals surface area contributed by atoms with Crippen molar-refractivity contribution in [2.45, 2.75) is 12.5 Å². The number of carbonyl (C=O) groups excluding carboxylic acids is 1. The molecule has 2 aliphatic heterocycles. The second kappa shape index (κ2) is 6.31. The lowest BCUT2D eigenvalue weighted by atomic mass is 10.0. The summed E-state index contributed by atoms with van der Waals surface area (Å²) >= 11 is 0. The average Bonchev–Trinajstić information content (AvgIpc) is 2.87. The highest BCUT2D eigenvalue weighted by atomic mass is 16.5. The Morgan fingerprint density at radius 2 is 2.44 bits per heavy atom. The summed E-state index contributed by atoms with van der Waals surface area (Å²) in [6.45, 7) is 3.33. The van der Waals surface area contributed by atoms with Gasteiger partial charge in [0.2, 0.25) is 5.91 Å². The third-order valence-electron chi connectivity index (χ3n) is 3.71. The van der Waals surface area contributed by atoms with Gasteiger partial charge in [-0.2, -0.15) is 0 Å². The van der Waals surface area contributed by atoms with Crippen LogP contribution in [0.2, 0.25) is 0 Å². The van der Waals surface area contributed by atoms with Crippen LogP contribution in [0.15, 0.2) is 11.6 Å². The number of carbonyl (C=O) groups is 1. The number of ether oxygens (including phenoxy) is 2. The van der Waals surface area contributed by atoms with E-state index in [0.29, 0.717) is 26.4 Å². The lowest BCUT2D eigenvalue weighted by Crippen LogP contribution is -2.46. The highest BCUT2D eigenvalue weighted by Crippen LogP contribution is 2.19. The van der Waals surface area contributed by atoms with Crippen LogP contribution in [0.3, 0.4) is 0 Å². The summed E-state index contributed by atoms with van der Waals surface area (Å²) in [4.78, 5) is 14.3. The van der Waals surface area contributed by atoms with Gasteiger partial charge in [0.15, 0.2) is 0 Å². The quantitative estimate of drug-likeness (QED) is 0.719. The summed E-state index contributed by atoms with van der Waals surface area (Å²) in [5.41, 5.74) is 1.29. The molecule has 5 heteroatoms. The van der Waals surface area contributed by atoms with Crippen molar-refractivity contribution >= 4 is 5.91 Å². The number of hydrogen-bond donors (Lipinski definition) is 1. The predicted octanol–water partition coefficient (Wildman–Crippen LogP) is 0.0259. The molecule has 2 aliphatic rings. The first kappa shape index (κ1) is 13.5. The van der Waals surface area contributed by atoms with E-state index in [1.54, 1.807) is 7.11 Å². The fourth-order valence-corrected chi connectivity index (χ4v) is 2.54. The van der Waals surface area contributed by atoms with Crippen molar-refractivity contribution in [3.05, 3.63) is 11.6 Å². The number of methoxy groups -OCH3 is 1. The number of amides is 1. The van der Waals surface area contributed by atoms with Crippen LogP contribution in [-0.2, 0) is 14.3 Å². The molecule has 1 amide bonds. The zero-order chi connectivity index (χ0) is 13.0. The van der Waals surface area contributed by atoms with Gasteiger partial charge in [-0.3, -0.25) is 4.79 Å². The molecule has 2 unspecified atom stereocenters. The lowest BCUT2D eigenvalue weighted by Gasteiger charge is -2.30. The molecule has 0 spiro atoms. The number of hydrogen-bond acceptors (Lipinski definition) is 4. The number of rotatable bonds is 4. The molecule has 2 atom stereocenters. The molecule has 1 saturated heterocycles. The van der Waals surface area contributed by atoms with Crippen molar-refractivity contribution in [1.29, 1.82) is 0 Å². The van der Waals surface area contributed by atoms with Crippen LogP contribution in [0.5, 0.6) is 0 Å². The van der Waals surface area contributed by atoms with Crippen LogP contribution in [0.1, 0.15) is 6.42 Å². The van der Waals surface area contributed by atoms with E-state index in [1.165, 1.54) is 5.57 Å². The highest BCUT2D eigenvalue weighted by molar-refractivity contribution is 5.80. The predicted molar refractivity (Wildman–Crippen MR) is 68.3 cm³/mol. The normalized spacial score (nSPS) is 28.3. The standard InChI is InChI=1S/C13H22N2O3/c1-14-12-9-18-8-11(12)13(16)15-5-3-10(4-6-15)7-17-2/h3,11-12,14H,4-9H2,1-2H3. The summed E-state index contributed by atoms with van der Waals surface area (Å²) in [6, 6.07) is 0.154. The van der Waals surface area contributed by atoms with Crippen LogP contribution < -0.4 is 5.32 Å². The Balaban J connectivity index is 1.91. The third-order valence-corrected chi connectivity index (χ3v) is 3.71. The van der Waals surface area contributed by atoms with E-state index in [2.05, 4.69) is 11.4 Å². The smallest absolute Gasteiger partial charge is 0.229 e. The van der Waals surface area contributed by atoms with Crippen molar-refractivity contribution in [2.24, 2.45) is 5.92 Å². The van der Waals surface area contributed by atoms with Crippen molar-refractivity contribution in [2.75, 3.05) is 47.1 Å². The summed E-state index contributed by atoms with van der Waals surface area (Å²) in [5, 5.41) is 3.16. The second-order valence-corrected chi connectivity index (χ2v) is 4.87. The SMILES string of the molecule is CNC1COCC1C(=O)N1CC=C(COC)CC1. The van der Waals surface area contributed by atoms with Gasteiger partial charge in [-0.15, -0.1) is 0 Å². The Labute approximate surface area is 108 Å². The molecule has 102 valence electrons. The molecule has 5 nitrogen and oxygen atoms in total. The third kappa shape index (κ3) is 2.91. The molecule has 0 aromatic heterocycles. The first-order valence-corrected chi connectivity index (χ1v) is 6.47. The summed E-state index contributed by atoms with van der Waals surface area (Å²) < 4.78 is 10.5. The van der Waals surface area contributed by atoms with Crippen LogP contribution in [0, 0.1) is 5.92 Å². The maximum atomic E-state index is 12.4. The topological polar surface area (TPSA) is 50.8 Å². The first-order valence-electron chi connectivity index (χ1n) is 6.47. The van der Waals surface area contributed by atoms with Crippen LogP contribution in [-0.4, -0.2) is 63.9 Å². The van der Waals surface area contributed by atoms with E-state index in [1.807, 2.05) is 11.9 Å². The number of nitrogens with zero attached hydrogens (tertiary/aromatic N) is 1. The van der Waals surface area contributed by atoms with E-state index >= 15 is 0 Å². The van der Waals surface area contributed by atoms with Crippen molar-refractivity contribution < 1.29 is 14.3 Å². The van der Waals surface area contributed by atoms with Gasteiger partial charge in [0, 0.05) is 26.2 Å². The molecule has 0 aromatic carbocycles. The molecule has 1 fully saturated rings. The number of nitrogens with one attached hydrogen (secondary N) is 1. The Morgan fingerprint density at radius 3 is 3.06 bits per heavy atom. The molecular weight excluding hydrogens is 232 g/mol. The monoisotopic (exact) mass is 254 g/mol. The van der Waals surface area contributed by atoms with E-state index in [-0.39, 0.29) is 17.9 Å².